The molecule has 0 amide bonds. The van der Waals surface area contributed by atoms with Crippen LogP contribution in [0.1, 0.15) is 35.7 Å². The molecule has 0 radical (unpaired) electrons. The Hall–Kier alpha value is -2.61. The molecule has 3 rings (SSSR count). The second kappa shape index (κ2) is 5.17. The number of hydrogen-bond acceptors (Lipinski definition) is 5. The third-order valence-corrected chi connectivity index (χ3v) is 3.55. The molecule has 1 aliphatic carbocycles. The Bertz CT molecular complexity index is 674. The van der Waals surface area contributed by atoms with Crippen molar-refractivity contribution in [2.75, 3.05) is 11.1 Å². The first-order valence-corrected chi connectivity index (χ1v) is 6.64. The van der Waals surface area contributed by atoms with Crippen LogP contribution in [0.15, 0.2) is 30.5 Å². The fourth-order valence-electron chi connectivity index (χ4n) is 2.63. The van der Waals surface area contributed by atoms with Crippen LogP contribution >= 0.6 is 0 Å². The van der Waals surface area contributed by atoms with Gasteiger partial charge in [0.1, 0.15) is 11.8 Å². The molecule has 0 spiro atoms. The van der Waals surface area contributed by atoms with Gasteiger partial charge in [0.25, 0.3) is 0 Å². The Balaban J connectivity index is 1.88. The zero-order valence-corrected chi connectivity index (χ0v) is 11.0. The van der Waals surface area contributed by atoms with Crippen LogP contribution in [0.4, 0.5) is 11.6 Å². The van der Waals surface area contributed by atoms with Gasteiger partial charge in [-0.05, 0) is 48.6 Å². The van der Waals surface area contributed by atoms with E-state index in [1.54, 1.807) is 12.3 Å². The van der Waals surface area contributed by atoms with Crippen LogP contribution in [0.25, 0.3) is 0 Å². The predicted octanol–water partition coefficient (Wildman–Crippen LogP) is 2.42. The number of nitriles is 1. The first-order valence-electron chi connectivity index (χ1n) is 6.64. The van der Waals surface area contributed by atoms with Crippen molar-refractivity contribution in [2.24, 2.45) is 0 Å². The molecule has 0 bridgehead atoms. The van der Waals surface area contributed by atoms with E-state index in [1.165, 1.54) is 11.1 Å². The molecule has 0 aliphatic heterocycles. The monoisotopic (exact) mass is 265 g/mol. The van der Waals surface area contributed by atoms with Crippen molar-refractivity contribution >= 4 is 11.6 Å². The zero-order valence-electron chi connectivity index (χ0n) is 11.0. The molecule has 1 heterocycles. The van der Waals surface area contributed by atoms with Crippen molar-refractivity contribution in [3.8, 4) is 6.07 Å². The molecule has 5 heteroatoms. The number of nitrogens with one attached hydrogen (secondary N) is 1. The van der Waals surface area contributed by atoms with Crippen molar-refractivity contribution in [1.29, 1.82) is 5.26 Å². The quantitative estimate of drug-likeness (QED) is 0.814. The lowest BCUT2D eigenvalue weighted by atomic mass is 9.87. The largest absolute Gasteiger partial charge is 0.399 e. The van der Waals surface area contributed by atoms with E-state index in [0.29, 0.717) is 11.6 Å². The highest BCUT2D eigenvalue weighted by Crippen LogP contribution is 2.32. The van der Waals surface area contributed by atoms with E-state index < -0.39 is 0 Å². The van der Waals surface area contributed by atoms with Crippen molar-refractivity contribution < 1.29 is 0 Å². The molecule has 0 saturated carbocycles. The number of aromatic nitrogens is 2. The third-order valence-electron chi connectivity index (χ3n) is 3.55. The number of fused-ring (bicyclic) bond motifs is 1. The predicted molar refractivity (Wildman–Crippen MR) is 76.9 cm³/mol. The second-order valence-corrected chi connectivity index (χ2v) is 4.92. The van der Waals surface area contributed by atoms with Crippen LogP contribution in [0.2, 0.25) is 0 Å². The zero-order chi connectivity index (χ0) is 13.9. The number of nitrogen functional groups attached to an aromatic ring is 1. The van der Waals surface area contributed by atoms with Gasteiger partial charge < -0.3 is 11.1 Å². The summed E-state index contributed by atoms with van der Waals surface area (Å²) < 4.78 is 0. The summed E-state index contributed by atoms with van der Waals surface area (Å²) in [5, 5.41) is 12.2. The minimum absolute atomic E-state index is 0.174. The summed E-state index contributed by atoms with van der Waals surface area (Å²) in [6, 6.07) is 9.82. The lowest BCUT2D eigenvalue weighted by Crippen LogP contribution is -2.19. The number of benzene rings is 1. The molecule has 5 nitrogen and oxygen atoms in total. The first-order chi connectivity index (χ1) is 9.76. The number of hydrogen-bond donors (Lipinski definition) is 2. The molecule has 1 aliphatic rings. The van der Waals surface area contributed by atoms with E-state index in [9.17, 15) is 0 Å². The van der Waals surface area contributed by atoms with Crippen LogP contribution in [-0.2, 0) is 6.42 Å². The second-order valence-electron chi connectivity index (χ2n) is 4.92. The molecule has 1 aromatic carbocycles. The lowest BCUT2D eigenvalue weighted by molar-refractivity contribution is 0.596. The van der Waals surface area contributed by atoms with E-state index in [1.807, 2.05) is 18.2 Å². The van der Waals surface area contributed by atoms with Crippen LogP contribution in [0.5, 0.6) is 0 Å². The van der Waals surface area contributed by atoms with Crippen molar-refractivity contribution in [3.05, 3.63) is 47.3 Å². The highest BCUT2D eigenvalue weighted by Gasteiger charge is 2.20. The van der Waals surface area contributed by atoms with Crippen LogP contribution in [0.3, 0.4) is 0 Å². The Morgan fingerprint density at radius 3 is 3.10 bits per heavy atom. The molecule has 0 saturated heterocycles. The Kier molecular flexibility index (Phi) is 3.21. The fraction of sp³-hybridized carbons (Fsp3) is 0.267. The van der Waals surface area contributed by atoms with Gasteiger partial charge in [-0.1, -0.05) is 6.07 Å². The average molecular weight is 265 g/mol. The van der Waals surface area contributed by atoms with Gasteiger partial charge in [-0.15, -0.1) is 0 Å². The van der Waals surface area contributed by atoms with Gasteiger partial charge in [-0.3, -0.25) is 0 Å². The van der Waals surface area contributed by atoms with E-state index in [2.05, 4.69) is 21.4 Å². The van der Waals surface area contributed by atoms with Crippen molar-refractivity contribution in [3.63, 3.8) is 0 Å². The minimum atomic E-state index is 0.174. The molecule has 20 heavy (non-hydrogen) atoms. The van der Waals surface area contributed by atoms with Crippen LogP contribution in [-0.4, -0.2) is 9.97 Å². The number of nitrogens with two attached hydrogens (primary N) is 1. The summed E-state index contributed by atoms with van der Waals surface area (Å²) >= 11 is 0. The summed E-state index contributed by atoms with van der Waals surface area (Å²) in [5.74, 6) is 0.499. The molecule has 100 valence electrons. The smallest absolute Gasteiger partial charge is 0.224 e. The van der Waals surface area contributed by atoms with Gasteiger partial charge in [-0.25, -0.2) is 9.97 Å². The molecule has 0 fully saturated rings. The fourth-order valence-corrected chi connectivity index (χ4v) is 2.63. The Morgan fingerprint density at radius 2 is 2.25 bits per heavy atom. The normalized spacial score (nSPS) is 17.1. The Labute approximate surface area is 117 Å². The summed E-state index contributed by atoms with van der Waals surface area (Å²) in [7, 11) is 0. The van der Waals surface area contributed by atoms with E-state index >= 15 is 0 Å². The number of aryl methyl sites for hydroxylation is 1. The highest BCUT2D eigenvalue weighted by atomic mass is 15.1. The third kappa shape index (κ3) is 2.41. The minimum Gasteiger partial charge on any atom is -0.399 e. The molecule has 1 aromatic heterocycles. The van der Waals surface area contributed by atoms with Gasteiger partial charge in [0, 0.05) is 11.9 Å². The van der Waals surface area contributed by atoms with E-state index in [-0.39, 0.29) is 6.04 Å². The van der Waals surface area contributed by atoms with Gasteiger partial charge in [0.15, 0.2) is 0 Å². The van der Waals surface area contributed by atoms with Crippen LogP contribution in [0, 0.1) is 11.3 Å². The first kappa shape index (κ1) is 12.4. The van der Waals surface area contributed by atoms with Gasteiger partial charge >= 0.3 is 0 Å². The molecule has 3 N–H and O–H groups in total. The highest BCUT2D eigenvalue weighted by molar-refractivity contribution is 5.48. The maximum Gasteiger partial charge on any atom is 0.224 e. The summed E-state index contributed by atoms with van der Waals surface area (Å²) in [6.07, 6.45) is 4.78. The standard InChI is InChI=1S/C15H15N5/c16-9-12-6-7-18-15(19-12)20-14-3-1-2-10-8-11(17)4-5-13(10)14/h4-8,14H,1-3,17H2,(H,18,19,20). The maximum atomic E-state index is 8.87. The van der Waals surface area contributed by atoms with Crippen LogP contribution < -0.4 is 11.1 Å². The lowest BCUT2D eigenvalue weighted by Gasteiger charge is -2.26. The number of nitrogens with zero attached hydrogens (tertiary/aromatic N) is 3. The average Bonchev–Trinajstić information content (AvgIpc) is 2.47. The molecule has 1 atom stereocenters. The van der Waals surface area contributed by atoms with Gasteiger partial charge in [0.2, 0.25) is 5.95 Å². The van der Waals surface area contributed by atoms with Gasteiger partial charge in [-0.2, -0.15) is 5.26 Å². The number of rotatable bonds is 2. The summed E-state index contributed by atoms with van der Waals surface area (Å²) in [6.45, 7) is 0. The van der Waals surface area contributed by atoms with E-state index in [0.717, 1.165) is 24.9 Å². The summed E-state index contributed by atoms with van der Waals surface area (Å²) in [4.78, 5) is 8.34. The topological polar surface area (TPSA) is 87.6 Å². The van der Waals surface area contributed by atoms with Gasteiger partial charge in [0.05, 0.1) is 6.04 Å². The molecular weight excluding hydrogens is 250 g/mol. The van der Waals surface area contributed by atoms with Crippen molar-refractivity contribution in [1.82, 2.24) is 9.97 Å². The van der Waals surface area contributed by atoms with E-state index in [4.69, 9.17) is 11.0 Å². The molecule has 1 unspecified atom stereocenters. The number of anilines is 2. The Morgan fingerprint density at radius 1 is 1.35 bits per heavy atom. The van der Waals surface area contributed by atoms with Crippen molar-refractivity contribution in [2.45, 2.75) is 25.3 Å². The SMILES string of the molecule is N#Cc1ccnc(NC2CCCc3cc(N)ccc32)n1. The molecule has 2 aromatic rings. The summed E-state index contributed by atoms with van der Waals surface area (Å²) in [5.41, 5.74) is 9.54. The maximum absolute atomic E-state index is 8.87. The molecular formula is C15H15N5.